The van der Waals surface area contributed by atoms with Crippen molar-refractivity contribution in [2.45, 2.75) is 59.8 Å². The van der Waals surface area contributed by atoms with Crippen molar-refractivity contribution in [2.75, 3.05) is 26.2 Å². The molecule has 8 nitrogen and oxygen atoms in total. The van der Waals surface area contributed by atoms with Crippen molar-refractivity contribution in [1.82, 2.24) is 28.9 Å². The van der Waals surface area contributed by atoms with Gasteiger partial charge in [-0.3, -0.25) is 24.1 Å². The van der Waals surface area contributed by atoms with E-state index in [0.29, 0.717) is 30.8 Å². The minimum atomic E-state index is -0.368. The molecule has 172 valence electrons. The number of aromatic amines is 1. The van der Waals surface area contributed by atoms with Crippen molar-refractivity contribution in [3.63, 3.8) is 0 Å². The third-order valence-electron chi connectivity index (χ3n) is 6.33. The number of nitrogens with one attached hydrogen (secondary N) is 1. The Morgan fingerprint density at radius 2 is 1.72 bits per heavy atom. The van der Waals surface area contributed by atoms with Crippen LogP contribution in [0.5, 0.6) is 0 Å². The Bertz CT molecular complexity index is 1180. The maximum absolute atomic E-state index is 12.6. The lowest BCUT2D eigenvalue weighted by Gasteiger charge is -2.34. The summed E-state index contributed by atoms with van der Waals surface area (Å²) in [7, 11) is 0. The summed E-state index contributed by atoms with van der Waals surface area (Å²) in [6.45, 7) is 13.0. The summed E-state index contributed by atoms with van der Waals surface area (Å²) < 4.78 is 3.59. The summed E-state index contributed by atoms with van der Waals surface area (Å²) in [5.41, 5.74) is 2.97. The maximum atomic E-state index is 12.6. The van der Waals surface area contributed by atoms with Gasteiger partial charge in [-0.15, -0.1) is 0 Å². The summed E-state index contributed by atoms with van der Waals surface area (Å²) in [5.74, 6) is 0.857. The van der Waals surface area contributed by atoms with Gasteiger partial charge in [0.25, 0.3) is 5.56 Å². The number of nitrogens with zero attached hydrogens (tertiary/aromatic N) is 5. The number of H-pyrrole nitrogens is 1. The number of aryl methyl sites for hydroxylation is 3. The highest BCUT2D eigenvalue weighted by Gasteiger charge is 2.22. The number of imidazole rings is 1. The fraction of sp³-hybridized carbons (Fsp3) is 0.542. The Hall–Kier alpha value is -2.71. The number of benzene rings is 1. The van der Waals surface area contributed by atoms with Crippen molar-refractivity contribution in [3.05, 3.63) is 62.1 Å². The van der Waals surface area contributed by atoms with Gasteiger partial charge in [-0.1, -0.05) is 43.2 Å². The average molecular weight is 439 g/mol. The maximum Gasteiger partial charge on any atom is 0.330 e. The molecule has 1 aliphatic heterocycles. The Balaban J connectivity index is 1.50. The molecule has 0 unspecified atom stereocenters. The largest absolute Gasteiger partial charge is 0.330 e. The number of hydrogen-bond acceptors (Lipinski definition) is 5. The van der Waals surface area contributed by atoms with Gasteiger partial charge in [-0.05, 0) is 25.8 Å². The second-order valence-electron chi connectivity index (χ2n) is 8.75. The summed E-state index contributed by atoms with van der Waals surface area (Å²) >= 11 is 0. The van der Waals surface area contributed by atoms with E-state index in [1.807, 2.05) is 11.5 Å². The zero-order valence-electron chi connectivity index (χ0n) is 19.4. The average Bonchev–Trinajstić information content (AvgIpc) is 3.13. The third kappa shape index (κ3) is 4.71. The van der Waals surface area contributed by atoms with E-state index in [2.05, 4.69) is 52.9 Å². The minimum Gasteiger partial charge on any atom is -0.321 e. The Morgan fingerprint density at radius 1 is 1.00 bits per heavy atom. The molecule has 1 saturated heterocycles. The van der Waals surface area contributed by atoms with Gasteiger partial charge in [0.15, 0.2) is 11.2 Å². The standard InChI is InChI=1S/C24H34N6O2/c1-4-6-10-30-22-21(23(31)26-24(30)32)29(5-2)20(25-22)17-28-13-11-27(12-14-28)16-19-9-7-8-18(3)15-19/h7-9,15H,4-6,10-14,16-17H2,1-3H3,(H,26,31,32). The van der Waals surface area contributed by atoms with Crippen LogP contribution in [0.4, 0.5) is 0 Å². The summed E-state index contributed by atoms with van der Waals surface area (Å²) in [6.07, 6.45) is 1.85. The minimum absolute atomic E-state index is 0.346. The van der Waals surface area contributed by atoms with Gasteiger partial charge in [0.05, 0.1) is 6.54 Å². The van der Waals surface area contributed by atoms with Crippen LogP contribution in [0.2, 0.25) is 0 Å². The number of unbranched alkanes of at least 4 members (excludes halogenated alkanes) is 1. The summed E-state index contributed by atoms with van der Waals surface area (Å²) in [4.78, 5) is 37.2. The van der Waals surface area contributed by atoms with Gasteiger partial charge in [-0.25, -0.2) is 9.78 Å². The van der Waals surface area contributed by atoms with Crippen LogP contribution >= 0.6 is 0 Å². The Morgan fingerprint density at radius 3 is 2.38 bits per heavy atom. The zero-order valence-corrected chi connectivity index (χ0v) is 19.4. The molecule has 0 amide bonds. The monoisotopic (exact) mass is 438 g/mol. The van der Waals surface area contributed by atoms with E-state index < -0.39 is 0 Å². The summed E-state index contributed by atoms with van der Waals surface area (Å²) in [5, 5.41) is 0. The molecule has 1 fully saturated rings. The van der Waals surface area contributed by atoms with Crippen LogP contribution in [0, 0.1) is 6.92 Å². The number of rotatable bonds is 8. The lowest BCUT2D eigenvalue weighted by molar-refractivity contribution is 0.119. The van der Waals surface area contributed by atoms with Crippen molar-refractivity contribution in [3.8, 4) is 0 Å². The molecule has 32 heavy (non-hydrogen) atoms. The predicted octanol–water partition coefficient (Wildman–Crippen LogP) is 2.33. The molecule has 1 N–H and O–H groups in total. The van der Waals surface area contributed by atoms with E-state index in [-0.39, 0.29) is 11.2 Å². The fourth-order valence-corrected chi connectivity index (χ4v) is 4.58. The first-order chi connectivity index (χ1) is 15.5. The number of fused-ring (bicyclic) bond motifs is 1. The molecule has 2 aromatic heterocycles. The molecule has 0 saturated carbocycles. The first kappa shape index (κ1) is 22.5. The van der Waals surface area contributed by atoms with Crippen molar-refractivity contribution in [2.24, 2.45) is 0 Å². The molecule has 1 aliphatic rings. The normalized spacial score (nSPS) is 15.6. The highest BCUT2D eigenvalue weighted by Crippen LogP contribution is 2.16. The lowest BCUT2D eigenvalue weighted by Crippen LogP contribution is -2.45. The zero-order chi connectivity index (χ0) is 22.7. The smallest absolute Gasteiger partial charge is 0.321 e. The molecule has 4 rings (SSSR count). The van der Waals surface area contributed by atoms with E-state index in [0.717, 1.165) is 51.4 Å². The fourth-order valence-electron chi connectivity index (χ4n) is 4.58. The Labute approximate surface area is 188 Å². The lowest BCUT2D eigenvalue weighted by atomic mass is 10.1. The summed E-state index contributed by atoms with van der Waals surface area (Å²) in [6, 6.07) is 8.70. The van der Waals surface area contributed by atoms with E-state index in [9.17, 15) is 9.59 Å². The second kappa shape index (κ2) is 9.83. The SMILES string of the molecule is CCCCn1c(=O)[nH]c(=O)c2c1nc(CN1CCN(Cc3cccc(C)c3)CC1)n2CC. The molecule has 1 aromatic carbocycles. The van der Waals surface area contributed by atoms with Gasteiger partial charge >= 0.3 is 5.69 Å². The van der Waals surface area contributed by atoms with Gasteiger partial charge < -0.3 is 4.57 Å². The van der Waals surface area contributed by atoms with Gasteiger partial charge in [0.1, 0.15) is 5.82 Å². The van der Waals surface area contributed by atoms with Crippen molar-refractivity contribution < 1.29 is 0 Å². The predicted molar refractivity (Wildman–Crippen MR) is 127 cm³/mol. The van der Waals surface area contributed by atoms with Gasteiger partial charge in [0, 0.05) is 45.8 Å². The van der Waals surface area contributed by atoms with Gasteiger partial charge in [-0.2, -0.15) is 0 Å². The van der Waals surface area contributed by atoms with E-state index in [4.69, 9.17) is 4.98 Å². The molecule has 8 heteroatoms. The first-order valence-electron chi connectivity index (χ1n) is 11.7. The molecule has 3 aromatic rings. The van der Waals surface area contributed by atoms with Crippen molar-refractivity contribution in [1.29, 1.82) is 0 Å². The molecule has 0 bridgehead atoms. The van der Waals surface area contributed by atoms with E-state index in [1.165, 1.54) is 11.1 Å². The van der Waals surface area contributed by atoms with Crippen LogP contribution < -0.4 is 11.2 Å². The molecular weight excluding hydrogens is 404 g/mol. The van der Waals surface area contributed by atoms with E-state index >= 15 is 0 Å². The van der Waals surface area contributed by atoms with Crippen LogP contribution in [0.15, 0.2) is 33.9 Å². The molecule has 0 radical (unpaired) electrons. The van der Waals surface area contributed by atoms with Crippen LogP contribution in [0.1, 0.15) is 43.6 Å². The van der Waals surface area contributed by atoms with Gasteiger partial charge in [0.2, 0.25) is 0 Å². The number of piperazine rings is 1. The molecule has 3 heterocycles. The number of hydrogen-bond donors (Lipinski definition) is 1. The topological polar surface area (TPSA) is 79.2 Å². The van der Waals surface area contributed by atoms with Crippen molar-refractivity contribution >= 4 is 11.2 Å². The quantitative estimate of drug-likeness (QED) is 0.584. The number of aromatic nitrogens is 4. The van der Waals surface area contributed by atoms with Crippen LogP contribution in [-0.2, 0) is 26.2 Å². The molecule has 0 spiro atoms. The highest BCUT2D eigenvalue weighted by atomic mass is 16.2. The van der Waals surface area contributed by atoms with Crippen LogP contribution in [0.3, 0.4) is 0 Å². The molecule has 0 aliphatic carbocycles. The molecular formula is C24H34N6O2. The Kier molecular flexibility index (Phi) is 6.91. The molecule has 0 atom stereocenters. The third-order valence-corrected chi connectivity index (χ3v) is 6.33. The second-order valence-corrected chi connectivity index (χ2v) is 8.75. The highest BCUT2D eigenvalue weighted by molar-refractivity contribution is 5.71. The van der Waals surface area contributed by atoms with Crippen LogP contribution in [-0.4, -0.2) is 55.1 Å². The van der Waals surface area contributed by atoms with Crippen LogP contribution in [0.25, 0.3) is 11.2 Å². The van der Waals surface area contributed by atoms with E-state index in [1.54, 1.807) is 4.57 Å². The first-order valence-corrected chi connectivity index (χ1v) is 11.7.